The first-order valence-corrected chi connectivity index (χ1v) is 12.3. The molecule has 11 heteroatoms. The number of carbonyl (C=O) groups excluding carboxylic acids is 2. The van der Waals surface area contributed by atoms with Crippen LogP contribution in [0.2, 0.25) is 0 Å². The minimum absolute atomic E-state index is 0.0903. The second-order valence-electron chi connectivity index (χ2n) is 7.69. The van der Waals surface area contributed by atoms with E-state index in [0.717, 1.165) is 6.26 Å². The zero-order valence-electron chi connectivity index (χ0n) is 19.0. The molecule has 2 aromatic rings. The molecule has 5 atom stereocenters. The summed E-state index contributed by atoms with van der Waals surface area (Å²) in [5.41, 5.74) is 0.823. The number of carbonyl (C=O) groups is 2. The molecule has 0 bridgehead atoms. The number of hydrogen-bond donors (Lipinski definition) is 2. The third-order valence-corrected chi connectivity index (χ3v) is 5.84. The van der Waals surface area contributed by atoms with Crippen molar-refractivity contribution in [3.8, 4) is 0 Å². The van der Waals surface area contributed by atoms with E-state index in [9.17, 15) is 18.0 Å². The fourth-order valence-electron chi connectivity index (χ4n) is 3.73. The first kappa shape index (κ1) is 25.8. The Balaban J connectivity index is 1.83. The predicted molar refractivity (Wildman–Crippen MR) is 123 cm³/mol. The number of rotatable bonds is 9. The van der Waals surface area contributed by atoms with Gasteiger partial charge < -0.3 is 24.8 Å². The molecule has 0 aromatic heterocycles. The fraction of sp³-hybridized carbons (Fsp3) is 0.391. The summed E-state index contributed by atoms with van der Waals surface area (Å²) in [6.45, 7) is -0.0903. The molecule has 1 aliphatic heterocycles. The Morgan fingerprint density at radius 3 is 1.94 bits per heavy atom. The second-order valence-corrected chi connectivity index (χ2v) is 9.29. The van der Waals surface area contributed by atoms with Gasteiger partial charge in [0.2, 0.25) is 0 Å². The van der Waals surface area contributed by atoms with E-state index in [2.05, 4.69) is 10.6 Å². The zero-order valence-corrected chi connectivity index (χ0v) is 19.9. The molecule has 0 radical (unpaired) electrons. The average Bonchev–Trinajstić information content (AvgIpc) is 2.83. The average molecular weight is 493 g/mol. The van der Waals surface area contributed by atoms with E-state index in [4.69, 9.17) is 18.4 Å². The third-order valence-electron chi connectivity index (χ3n) is 5.27. The topological polar surface area (TPSA) is 129 Å². The summed E-state index contributed by atoms with van der Waals surface area (Å²) in [5.74, 6) is -0.794. The Labute approximate surface area is 198 Å². The van der Waals surface area contributed by atoms with Crippen molar-refractivity contribution in [3.05, 3.63) is 71.8 Å². The number of ether oxygens (including phenoxy) is 3. The van der Waals surface area contributed by atoms with Gasteiger partial charge in [-0.05, 0) is 24.3 Å². The standard InChI is InChI=1S/C23H28N2O8S/c1-30-20-18(25-22(27)16-12-8-5-9-13-16)23(31-2)32-17(19(20)33-34(3,28)29)14-24-21(26)15-10-6-4-7-11-15/h4-13,17-20,23H,14H2,1-3H3,(H,24,26)(H,25,27)/t17-,18-,19-,20-,23-/m0/s1. The van der Waals surface area contributed by atoms with Crippen molar-refractivity contribution in [1.82, 2.24) is 10.6 Å². The van der Waals surface area contributed by atoms with Crippen LogP contribution in [0.5, 0.6) is 0 Å². The molecule has 184 valence electrons. The molecule has 10 nitrogen and oxygen atoms in total. The summed E-state index contributed by atoms with van der Waals surface area (Å²) in [7, 11) is -1.20. The molecule has 0 spiro atoms. The Kier molecular flexibility index (Phi) is 8.75. The van der Waals surface area contributed by atoms with Gasteiger partial charge in [0.25, 0.3) is 21.9 Å². The maximum absolute atomic E-state index is 12.8. The molecule has 2 aromatic carbocycles. The van der Waals surface area contributed by atoms with E-state index in [1.54, 1.807) is 60.7 Å². The maximum atomic E-state index is 12.8. The molecule has 2 N–H and O–H groups in total. The van der Waals surface area contributed by atoms with Crippen LogP contribution in [0.25, 0.3) is 0 Å². The molecule has 34 heavy (non-hydrogen) atoms. The van der Waals surface area contributed by atoms with Gasteiger partial charge in [-0.1, -0.05) is 36.4 Å². The minimum atomic E-state index is -3.94. The van der Waals surface area contributed by atoms with Crippen molar-refractivity contribution in [3.63, 3.8) is 0 Å². The molecule has 1 aliphatic rings. The van der Waals surface area contributed by atoms with E-state index >= 15 is 0 Å². The molecule has 0 aliphatic carbocycles. The highest BCUT2D eigenvalue weighted by molar-refractivity contribution is 7.86. The van der Waals surface area contributed by atoms with Crippen LogP contribution in [0.3, 0.4) is 0 Å². The minimum Gasteiger partial charge on any atom is -0.376 e. The van der Waals surface area contributed by atoms with Gasteiger partial charge in [0, 0.05) is 31.9 Å². The van der Waals surface area contributed by atoms with Gasteiger partial charge in [-0.25, -0.2) is 0 Å². The first-order chi connectivity index (χ1) is 16.2. The number of methoxy groups -OCH3 is 2. The van der Waals surface area contributed by atoms with E-state index in [1.807, 2.05) is 0 Å². The van der Waals surface area contributed by atoms with E-state index in [1.165, 1.54) is 14.2 Å². The number of amides is 2. The predicted octanol–water partition coefficient (Wildman–Crippen LogP) is 0.946. The zero-order chi connectivity index (χ0) is 24.7. The van der Waals surface area contributed by atoms with Crippen molar-refractivity contribution < 1.29 is 36.4 Å². The lowest BCUT2D eigenvalue weighted by Gasteiger charge is -2.45. The quantitative estimate of drug-likeness (QED) is 0.495. The summed E-state index contributed by atoms with van der Waals surface area (Å²) in [6, 6.07) is 16.1. The van der Waals surface area contributed by atoms with Crippen LogP contribution in [-0.4, -0.2) is 77.9 Å². The van der Waals surface area contributed by atoms with E-state index < -0.39 is 46.7 Å². The molecule has 0 unspecified atom stereocenters. The molecular formula is C23H28N2O8S. The van der Waals surface area contributed by atoms with Crippen molar-refractivity contribution >= 4 is 21.9 Å². The van der Waals surface area contributed by atoms with Gasteiger partial charge in [0.05, 0.1) is 6.26 Å². The molecule has 3 rings (SSSR count). The summed E-state index contributed by atoms with van der Waals surface area (Å²) in [4.78, 5) is 25.3. The summed E-state index contributed by atoms with van der Waals surface area (Å²) < 4.78 is 46.3. The Morgan fingerprint density at radius 1 is 0.882 bits per heavy atom. The van der Waals surface area contributed by atoms with Crippen molar-refractivity contribution in [1.29, 1.82) is 0 Å². The molecule has 0 saturated carbocycles. The SMILES string of the molecule is CO[C@H]1O[C@@H](CNC(=O)c2ccccc2)[C@H](OS(C)(=O)=O)[C@@H](OC)[C@@H]1NC(=O)c1ccccc1. The van der Waals surface area contributed by atoms with Crippen LogP contribution in [-0.2, 0) is 28.5 Å². The van der Waals surface area contributed by atoms with Gasteiger partial charge in [-0.2, -0.15) is 8.42 Å². The highest BCUT2D eigenvalue weighted by Crippen LogP contribution is 2.27. The summed E-state index contributed by atoms with van der Waals surface area (Å²) in [6.07, 6.45) is -3.21. The van der Waals surface area contributed by atoms with Crippen molar-refractivity contribution in [2.45, 2.75) is 30.6 Å². The lowest BCUT2D eigenvalue weighted by atomic mass is 9.95. The van der Waals surface area contributed by atoms with Gasteiger partial charge >= 0.3 is 0 Å². The van der Waals surface area contributed by atoms with Crippen molar-refractivity contribution in [2.75, 3.05) is 27.0 Å². The number of benzene rings is 2. The Morgan fingerprint density at radius 2 is 1.44 bits per heavy atom. The molecule has 1 heterocycles. The van der Waals surface area contributed by atoms with E-state index in [0.29, 0.717) is 11.1 Å². The van der Waals surface area contributed by atoms with Gasteiger partial charge in [0.1, 0.15) is 24.4 Å². The molecular weight excluding hydrogens is 464 g/mol. The Bertz CT molecular complexity index is 1060. The monoisotopic (exact) mass is 492 g/mol. The van der Waals surface area contributed by atoms with Crippen LogP contribution < -0.4 is 10.6 Å². The Hall–Kier alpha value is -2.83. The van der Waals surface area contributed by atoms with Gasteiger partial charge in [0.15, 0.2) is 6.29 Å². The van der Waals surface area contributed by atoms with Crippen molar-refractivity contribution in [2.24, 2.45) is 0 Å². The maximum Gasteiger partial charge on any atom is 0.264 e. The smallest absolute Gasteiger partial charge is 0.264 e. The van der Waals surface area contributed by atoms with Crippen LogP contribution in [0, 0.1) is 0 Å². The lowest BCUT2D eigenvalue weighted by Crippen LogP contribution is -2.66. The number of nitrogens with one attached hydrogen (secondary N) is 2. The largest absolute Gasteiger partial charge is 0.376 e. The normalized spacial score (nSPS) is 24.9. The highest BCUT2D eigenvalue weighted by atomic mass is 32.2. The first-order valence-electron chi connectivity index (χ1n) is 10.5. The molecule has 1 fully saturated rings. The number of hydrogen-bond acceptors (Lipinski definition) is 8. The van der Waals surface area contributed by atoms with Crippen LogP contribution in [0.4, 0.5) is 0 Å². The summed E-state index contributed by atoms with van der Waals surface area (Å²) in [5, 5.41) is 5.51. The van der Waals surface area contributed by atoms with Crippen LogP contribution in [0.1, 0.15) is 20.7 Å². The van der Waals surface area contributed by atoms with Gasteiger partial charge in [-0.15, -0.1) is 0 Å². The van der Waals surface area contributed by atoms with Gasteiger partial charge in [-0.3, -0.25) is 13.8 Å². The van der Waals surface area contributed by atoms with E-state index in [-0.39, 0.29) is 12.5 Å². The lowest BCUT2D eigenvalue weighted by molar-refractivity contribution is -0.252. The van der Waals surface area contributed by atoms with Crippen LogP contribution >= 0.6 is 0 Å². The third kappa shape index (κ3) is 6.61. The summed E-state index contributed by atoms with van der Waals surface area (Å²) >= 11 is 0. The highest BCUT2D eigenvalue weighted by Gasteiger charge is 2.49. The fourth-order valence-corrected chi connectivity index (χ4v) is 4.37. The molecule has 1 saturated heterocycles. The molecule has 2 amide bonds. The van der Waals surface area contributed by atoms with Crippen LogP contribution in [0.15, 0.2) is 60.7 Å². The second kappa shape index (κ2) is 11.5.